The number of methoxy groups -OCH3 is 2. The third-order valence-corrected chi connectivity index (χ3v) is 5.07. The van der Waals surface area contributed by atoms with E-state index in [4.69, 9.17) is 14.5 Å². The van der Waals surface area contributed by atoms with Crippen LogP contribution in [-0.4, -0.2) is 23.8 Å². The molecule has 1 heterocycles. The Balaban J connectivity index is 2.03. The molecule has 4 aromatic rings. The van der Waals surface area contributed by atoms with Gasteiger partial charge in [0.1, 0.15) is 5.82 Å². The van der Waals surface area contributed by atoms with Crippen molar-refractivity contribution in [3.63, 3.8) is 0 Å². The van der Waals surface area contributed by atoms with Gasteiger partial charge in [-0.2, -0.15) is 0 Å². The molecule has 0 radical (unpaired) electrons. The lowest BCUT2D eigenvalue weighted by Gasteiger charge is -2.23. The molecule has 0 atom stereocenters. The van der Waals surface area contributed by atoms with Gasteiger partial charge < -0.3 is 9.47 Å². The number of benzene rings is 3. The quantitative estimate of drug-likeness (QED) is 0.511. The van der Waals surface area contributed by atoms with Gasteiger partial charge in [0, 0.05) is 6.07 Å². The molecule has 0 aliphatic heterocycles. The monoisotopic (exact) mass is 386 g/mol. The van der Waals surface area contributed by atoms with E-state index >= 15 is 0 Å². The molecule has 0 unspecified atom stereocenters. The van der Waals surface area contributed by atoms with Crippen LogP contribution in [0.5, 0.6) is 11.5 Å². The second-order valence-electron chi connectivity index (χ2n) is 6.78. The van der Waals surface area contributed by atoms with Crippen LogP contribution in [0.3, 0.4) is 0 Å². The highest BCUT2D eigenvalue weighted by Crippen LogP contribution is 2.32. The van der Waals surface area contributed by atoms with Crippen LogP contribution in [0, 0.1) is 6.92 Å². The Morgan fingerprint density at radius 1 is 0.828 bits per heavy atom. The minimum Gasteiger partial charge on any atom is -0.493 e. The van der Waals surface area contributed by atoms with Gasteiger partial charge in [-0.25, -0.2) is 4.98 Å². The summed E-state index contributed by atoms with van der Waals surface area (Å²) in [7, 11) is 3.12. The van der Waals surface area contributed by atoms with Crippen LogP contribution in [0.15, 0.2) is 77.6 Å². The van der Waals surface area contributed by atoms with Gasteiger partial charge in [-0.05, 0) is 24.1 Å². The smallest absolute Gasteiger partial charge is 0.262 e. The maximum Gasteiger partial charge on any atom is 0.262 e. The SMILES string of the molecule is COc1cc2nc(C)n(C(c3ccccc3)c3ccccc3)c(=O)c2cc1OC. The van der Waals surface area contributed by atoms with E-state index in [0.29, 0.717) is 28.2 Å². The number of fused-ring (bicyclic) bond motifs is 1. The van der Waals surface area contributed by atoms with Crippen molar-refractivity contribution in [1.29, 1.82) is 0 Å². The van der Waals surface area contributed by atoms with Crippen molar-refractivity contribution in [2.24, 2.45) is 0 Å². The van der Waals surface area contributed by atoms with E-state index in [9.17, 15) is 4.79 Å². The van der Waals surface area contributed by atoms with Crippen LogP contribution < -0.4 is 15.0 Å². The molecule has 5 nitrogen and oxygen atoms in total. The van der Waals surface area contributed by atoms with Gasteiger partial charge in [0.2, 0.25) is 0 Å². The lowest BCUT2D eigenvalue weighted by molar-refractivity contribution is 0.355. The number of aryl methyl sites for hydroxylation is 1. The first-order chi connectivity index (χ1) is 14.1. The first-order valence-corrected chi connectivity index (χ1v) is 9.38. The second kappa shape index (κ2) is 7.80. The third-order valence-electron chi connectivity index (χ3n) is 5.07. The fourth-order valence-electron chi connectivity index (χ4n) is 3.70. The van der Waals surface area contributed by atoms with Gasteiger partial charge in [-0.3, -0.25) is 9.36 Å². The molecule has 0 N–H and O–H groups in total. The maximum atomic E-state index is 13.6. The van der Waals surface area contributed by atoms with Crippen LogP contribution in [0.1, 0.15) is 23.0 Å². The van der Waals surface area contributed by atoms with Crippen LogP contribution in [0.25, 0.3) is 10.9 Å². The van der Waals surface area contributed by atoms with E-state index in [-0.39, 0.29) is 11.6 Å². The molecule has 146 valence electrons. The molecule has 5 heteroatoms. The molecular weight excluding hydrogens is 364 g/mol. The zero-order chi connectivity index (χ0) is 20.4. The molecule has 1 aromatic heterocycles. The normalized spacial score (nSPS) is 11.0. The zero-order valence-corrected chi connectivity index (χ0v) is 16.6. The van der Waals surface area contributed by atoms with Gasteiger partial charge >= 0.3 is 0 Å². The van der Waals surface area contributed by atoms with E-state index in [1.54, 1.807) is 30.9 Å². The summed E-state index contributed by atoms with van der Waals surface area (Å²) in [4.78, 5) is 18.4. The van der Waals surface area contributed by atoms with E-state index in [2.05, 4.69) is 0 Å². The Morgan fingerprint density at radius 3 is 1.86 bits per heavy atom. The van der Waals surface area contributed by atoms with E-state index in [0.717, 1.165) is 11.1 Å². The van der Waals surface area contributed by atoms with E-state index in [1.807, 2.05) is 67.6 Å². The Kier molecular flexibility index (Phi) is 5.04. The van der Waals surface area contributed by atoms with Crippen molar-refractivity contribution < 1.29 is 9.47 Å². The fourth-order valence-corrected chi connectivity index (χ4v) is 3.70. The highest BCUT2D eigenvalue weighted by molar-refractivity contribution is 5.82. The number of hydrogen-bond acceptors (Lipinski definition) is 4. The number of ether oxygens (including phenoxy) is 2. The first kappa shape index (κ1) is 18.7. The lowest BCUT2D eigenvalue weighted by atomic mass is 9.98. The summed E-state index contributed by atoms with van der Waals surface area (Å²) in [5.74, 6) is 1.68. The van der Waals surface area contributed by atoms with Gasteiger partial charge in [-0.15, -0.1) is 0 Å². The Bertz CT molecular complexity index is 1160. The predicted octanol–water partition coefficient (Wildman–Crippen LogP) is 4.36. The summed E-state index contributed by atoms with van der Waals surface area (Å²) in [6.45, 7) is 1.86. The molecule has 0 bridgehead atoms. The van der Waals surface area contributed by atoms with Gasteiger partial charge in [-0.1, -0.05) is 60.7 Å². The van der Waals surface area contributed by atoms with Crippen molar-refractivity contribution in [2.45, 2.75) is 13.0 Å². The summed E-state index contributed by atoms with van der Waals surface area (Å²) in [5.41, 5.74) is 2.50. The van der Waals surface area contributed by atoms with Crippen molar-refractivity contribution in [3.05, 3.63) is 100 Å². The standard InChI is InChI=1S/C24H22N2O3/c1-16-25-20-15-22(29-3)21(28-2)14-19(20)24(27)26(16)23(17-10-6-4-7-11-17)18-12-8-5-9-13-18/h4-15,23H,1-3H3. The molecule has 0 amide bonds. The average Bonchev–Trinajstić information content (AvgIpc) is 2.77. The molecule has 29 heavy (non-hydrogen) atoms. The third kappa shape index (κ3) is 3.36. The number of nitrogens with zero attached hydrogens (tertiary/aromatic N) is 2. The highest BCUT2D eigenvalue weighted by Gasteiger charge is 2.22. The lowest BCUT2D eigenvalue weighted by Crippen LogP contribution is -2.29. The summed E-state index contributed by atoms with van der Waals surface area (Å²) in [6, 6.07) is 23.1. The molecule has 4 rings (SSSR count). The Labute approximate surface area is 169 Å². The molecule has 0 saturated heterocycles. The molecular formula is C24H22N2O3. The number of rotatable bonds is 5. The van der Waals surface area contributed by atoms with Crippen molar-refractivity contribution in [3.8, 4) is 11.5 Å². The summed E-state index contributed by atoms with van der Waals surface area (Å²) >= 11 is 0. The molecule has 0 aliphatic rings. The van der Waals surface area contributed by atoms with Crippen molar-refractivity contribution >= 4 is 10.9 Å². The topological polar surface area (TPSA) is 53.4 Å². The fraction of sp³-hybridized carbons (Fsp3) is 0.167. The highest BCUT2D eigenvalue weighted by atomic mass is 16.5. The van der Waals surface area contributed by atoms with Gasteiger partial charge in [0.05, 0.1) is 31.2 Å². The molecule has 0 aliphatic carbocycles. The van der Waals surface area contributed by atoms with Gasteiger partial charge in [0.15, 0.2) is 11.5 Å². The van der Waals surface area contributed by atoms with E-state index in [1.165, 1.54) is 0 Å². The molecule has 0 spiro atoms. The second-order valence-corrected chi connectivity index (χ2v) is 6.78. The average molecular weight is 386 g/mol. The number of aromatic nitrogens is 2. The van der Waals surface area contributed by atoms with E-state index < -0.39 is 0 Å². The van der Waals surface area contributed by atoms with Crippen molar-refractivity contribution in [1.82, 2.24) is 9.55 Å². The minimum absolute atomic E-state index is 0.119. The van der Waals surface area contributed by atoms with Crippen LogP contribution in [0.4, 0.5) is 0 Å². The largest absolute Gasteiger partial charge is 0.493 e. The Hall–Kier alpha value is -3.60. The van der Waals surface area contributed by atoms with Crippen LogP contribution >= 0.6 is 0 Å². The summed E-state index contributed by atoms with van der Waals surface area (Å²) in [5, 5.41) is 0.491. The number of hydrogen-bond donors (Lipinski definition) is 0. The first-order valence-electron chi connectivity index (χ1n) is 9.38. The molecule has 0 saturated carbocycles. The minimum atomic E-state index is -0.283. The zero-order valence-electron chi connectivity index (χ0n) is 16.6. The predicted molar refractivity (Wildman–Crippen MR) is 114 cm³/mol. The summed E-state index contributed by atoms with van der Waals surface area (Å²) < 4.78 is 12.5. The van der Waals surface area contributed by atoms with Crippen LogP contribution in [-0.2, 0) is 0 Å². The Morgan fingerprint density at radius 2 is 1.34 bits per heavy atom. The van der Waals surface area contributed by atoms with Crippen molar-refractivity contribution in [2.75, 3.05) is 14.2 Å². The maximum absolute atomic E-state index is 13.6. The molecule has 3 aromatic carbocycles. The van der Waals surface area contributed by atoms with Gasteiger partial charge in [0.25, 0.3) is 5.56 Å². The van der Waals surface area contributed by atoms with Crippen LogP contribution in [0.2, 0.25) is 0 Å². The summed E-state index contributed by atoms with van der Waals surface area (Å²) in [6.07, 6.45) is 0. The molecule has 0 fully saturated rings.